The summed E-state index contributed by atoms with van der Waals surface area (Å²) in [5.74, 6) is 0.174. The maximum absolute atomic E-state index is 12.6. The molecule has 3 aromatic heterocycles. The number of H-pyrrole nitrogens is 1. The van der Waals surface area contributed by atoms with Crippen LogP contribution < -0.4 is 5.32 Å². The smallest absolute Gasteiger partial charge is 0.354 e. The van der Waals surface area contributed by atoms with Crippen LogP contribution in [0.2, 0.25) is 0 Å². The Balaban J connectivity index is 1.82. The summed E-state index contributed by atoms with van der Waals surface area (Å²) in [5, 5.41) is 4.24. The van der Waals surface area contributed by atoms with Crippen LogP contribution in [0, 0.1) is 0 Å². The topological polar surface area (TPSA) is 97.0 Å². The lowest BCUT2D eigenvalue weighted by Gasteiger charge is -2.08. The first-order valence-electron chi connectivity index (χ1n) is 8.08. The Kier molecular flexibility index (Phi) is 5.52. The molecule has 0 aliphatic heterocycles. The van der Waals surface area contributed by atoms with Crippen molar-refractivity contribution in [2.45, 2.75) is 18.4 Å². The van der Waals surface area contributed by atoms with Gasteiger partial charge in [0.1, 0.15) is 16.4 Å². The molecule has 0 spiro atoms. The van der Waals surface area contributed by atoms with Crippen LogP contribution in [0.25, 0.3) is 11.0 Å². The molecule has 2 N–H and O–H groups in total. The van der Waals surface area contributed by atoms with Crippen molar-refractivity contribution in [2.24, 2.45) is 0 Å². The fraction of sp³-hybridized carbons (Fsp3) is 0.222. The molecule has 26 heavy (non-hydrogen) atoms. The lowest BCUT2D eigenvalue weighted by Crippen LogP contribution is -2.13. The van der Waals surface area contributed by atoms with Gasteiger partial charge in [-0.1, -0.05) is 6.92 Å². The van der Waals surface area contributed by atoms with Gasteiger partial charge in [-0.2, -0.15) is 0 Å². The van der Waals surface area contributed by atoms with Crippen molar-refractivity contribution in [3.8, 4) is 0 Å². The number of aromatic amines is 1. The summed E-state index contributed by atoms with van der Waals surface area (Å²) in [6.07, 6.45) is 4.21. The molecule has 0 saturated carbocycles. The van der Waals surface area contributed by atoms with Gasteiger partial charge in [-0.3, -0.25) is 4.79 Å². The molecule has 0 saturated heterocycles. The molecule has 0 fully saturated rings. The van der Waals surface area contributed by atoms with Crippen molar-refractivity contribution in [1.29, 1.82) is 0 Å². The first-order valence-corrected chi connectivity index (χ1v) is 9.07. The Labute approximate surface area is 154 Å². The number of carbonyl (C=O) groups excluding carboxylic acids is 2. The average Bonchev–Trinajstić information content (AvgIpc) is 3.09. The van der Waals surface area contributed by atoms with Crippen molar-refractivity contribution in [1.82, 2.24) is 15.0 Å². The van der Waals surface area contributed by atoms with Gasteiger partial charge in [0.2, 0.25) is 0 Å². The lowest BCUT2D eigenvalue weighted by atomic mass is 10.2. The van der Waals surface area contributed by atoms with Crippen molar-refractivity contribution in [3.63, 3.8) is 0 Å². The zero-order valence-corrected chi connectivity index (χ0v) is 15.2. The van der Waals surface area contributed by atoms with E-state index in [1.165, 1.54) is 13.3 Å². The third-order valence-corrected chi connectivity index (χ3v) is 4.80. The number of anilines is 1. The highest BCUT2D eigenvalue weighted by Gasteiger charge is 2.14. The highest BCUT2D eigenvalue weighted by Crippen LogP contribution is 2.23. The van der Waals surface area contributed by atoms with E-state index in [0.717, 1.165) is 12.2 Å². The van der Waals surface area contributed by atoms with Gasteiger partial charge in [0.15, 0.2) is 0 Å². The van der Waals surface area contributed by atoms with Gasteiger partial charge >= 0.3 is 5.97 Å². The van der Waals surface area contributed by atoms with E-state index in [9.17, 15) is 9.59 Å². The second-order valence-corrected chi connectivity index (χ2v) is 6.58. The molecule has 1 amide bonds. The van der Waals surface area contributed by atoms with Crippen LogP contribution in [0.4, 0.5) is 5.69 Å². The van der Waals surface area contributed by atoms with Crippen LogP contribution in [-0.2, 0) is 4.74 Å². The van der Waals surface area contributed by atoms with Gasteiger partial charge < -0.3 is 15.0 Å². The van der Waals surface area contributed by atoms with E-state index >= 15 is 0 Å². The summed E-state index contributed by atoms with van der Waals surface area (Å²) in [7, 11) is 1.31. The minimum absolute atomic E-state index is 0.249. The highest BCUT2D eigenvalue weighted by atomic mass is 32.2. The normalized spacial score (nSPS) is 10.7. The largest absolute Gasteiger partial charge is 0.464 e. The Bertz CT molecular complexity index is 955. The summed E-state index contributed by atoms with van der Waals surface area (Å²) >= 11 is 1.55. The molecule has 3 aromatic rings. The van der Waals surface area contributed by atoms with Gasteiger partial charge in [0.25, 0.3) is 5.91 Å². The van der Waals surface area contributed by atoms with E-state index in [1.54, 1.807) is 42.2 Å². The number of pyridine rings is 2. The molecule has 0 atom stereocenters. The molecule has 0 aliphatic carbocycles. The number of hydrogen-bond acceptors (Lipinski definition) is 6. The van der Waals surface area contributed by atoms with Crippen molar-refractivity contribution >= 4 is 40.4 Å². The monoisotopic (exact) mass is 370 g/mol. The Morgan fingerprint density at radius 3 is 2.92 bits per heavy atom. The van der Waals surface area contributed by atoms with Crippen molar-refractivity contribution in [3.05, 3.63) is 47.9 Å². The molecular formula is C18H18N4O3S. The van der Waals surface area contributed by atoms with Crippen LogP contribution in [0.3, 0.4) is 0 Å². The third kappa shape index (κ3) is 3.85. The number of amides is 1. The Hall–Kier alpha value is -2.87. The summed E-state index contributed by atoms with van der Waals surface area (Å²) < 4.78 is 4.69. The summed E-state index contributed by atoms with van der Waals surface area (Å²) in [4.78, 5) is 35.6. The zero-order chi connectivity index (χ0) is 18.5. The minimum atomic E-state index is -0.471. The van der Waals surface area contributed by atoms with Gasteiger partial charge in [0.05, 0.1) is 24.6 Å². The van der Waals surface area contributed by atoms with Crippen LogP contribution in [0.5, 0.6) is 0 Å². The first-order chi connectivity index (χ1) is 12.6. The van der Waals surface area contributed by atoms with E-state index in [4.69, 9.17) is 0 Å². The van der Waals surface area contributed by atoms with Crippen LogP contribution in [0.1, 0.15) is 34.2 Å². The van der Waals surface area contributed by atoms with Gasteiger partial charge in [-0.15, -0.1) is 11.8 Å². The molecular weight excluding hydrogens is 352 g/mol. The van der Waals surface area contributed by atoms with Crippen LogP contribution in [0.15, 0.2) is 41.7 Å². The number of carbonyl (C=O) groups is 2. The SMILES string of the molecule is CCCSc1ncccc1C(=O)Nc1cnc2[nH]c(C(=O)OC)cc2c1. The average molecular weight is 370 g/mol. The number of nitrogens with zero attached hydrogens (tertiary/aromatic N) is 2. The molecule has 134 valence electrons. The standard InChI is InChI=1S/C18H18N4O3S/c1-3-7-26-17-13(5-4-6-19-17)16(23)21-12-8-11-9-14(18(24)25-2)22-15(11)20-10-12/h4-6,8-10H,3,7H2,1-2H3,(H,20,22)(H,21,23). The number of ether oxygens (including phenoxy) is 1. The van der Waals surface area contributed by atoms with Crippen molar-refractivity contribution < 1.29 is 14.3 Å². The molecule has 3 heterocycles. The van der Waals surface area contributed by atoms with Gasteiger partial charge in [0, 0.05) is 11.6 Å². The number of methoxy groups -OCH3 is 1. The maximum Gasteiger partial charge on any atom is 0.354 e. The molecule has 0 aliphatic rings. The second-order valence-electron chi connectivity index (χ2n) is 5.50. The quantitative estimate of drug-likeness (QED) is 0.509. The molecule has 0 aromatic carbocycles. The van der Waals surface area contributed by atoms with Gasteiger partial charge in [-0.05, 0) is 36.4 Å². The molecule has 0 radical (unpaired) electrons. The predicted octanol–water partition coefficient (Wildman–Crippen LogP) is 3.50. The van der Waals surface area contributed by atoms with Gasteiger partial charge in [-0.25, -0.2) is 14.8 Å². The van der Waals surface area contributed by atoms with E-state index in [2.05, 4.69) is 31.9 Å². The van der Waals surface area contributed by atoms with Crippen LogP contribution in [-0.4, -0.2) is 39.7 Å². The Morgan fingerprint density at radius 2 is 2.15 bits per heavy atom. The van der Waals surface area contributed by atoms with Crippen molar-refractivity contribution in [2.75, 3.05) is 18.2 Å². The summed E-state index contributed by atoms with van der Waals surface area (Å²) in [6, 6.07) is 6.87. The molecule has 7 nitrogen and oxygen atoms in total. The fourth-order valence-corrected chi connectivity index (χ4v) is 3.23. The minimum Gasteiger partial charge on any atom is -0.464 e. The second kappa shape index (κ2) is 8.01. The number of nitrogens with one attached hydrogen (secondary N) is 2. The van der Waals surface area contributed by atoms with E-state index in [0.29, 0.717) is 33.0 Å². The third-order valence-electron chi connectivity index (χ3n) is 3.59. The van der Waals surface area contributed by atoms with Crippen LogP contribution >= 0.6 is 11.8 Å². The number of hydrogen-bond donors (Lipinski definition) is 2. The molecule has 0 unspecified atom stereocenters. The number of fused-ring (bicyclic) bond motifs is 1. The predicted molar refractivity (Wildman–Crippen MR) is 101 cm³/mol. The van der Waals surface area contributed by atoms with E-state index in [1.807, 2.05) is 0 Å². The number of thioether (sulfide) groups is 1. The maximum atomic E-state index is 12.6. The highest BCUT2D eigenvalue weighted by molar-refractivity contribution is 7.99. The van der Waals surface area contributed by atoms with E-state index < -0.39 is 5.97 Å². The lowest BCUT2D eigenvalue weighted by molar-refractivity contribution is 0.0595. The first kappa shape index (κ1) is 17.9. The fourth-order valence-electron chi connectivity index (χ4n) is 2.38. The number of rotatable bonds is 6. The molecule has 8 heteroatoms. The zero-order valence-electron chi connectivity index (χ0n) is 14.4. The Morgan fingerprint density at radius 1 is 1.31 bits per heavy atom. The van der Waals surface area contributed by atoms with E-state index in [-0.39, 0.29) is 5.91 Å². The number of aromatic nitrogens is 3. The summed E-state index contributed by atoms with van der Waals surface area (Å²) in [6.45, 7) is 2.08. The summed E-state index contributed by atoms with van der Waals surface area (Å²) in [5.41, 5.74) is 1.91. The molecule has 3 rings (SSSR count). The molecule has 0 bridgehead atoms. The number of esters is 1.